The van der Waals surface area contributed by atoms with Crippen molar-refractivity contribution in [1.82, 2.24) is 24.9 Å². The smallest absolute Gasteiger partial charge is 0.238 e. The predicted molar refractivity (Wildman–Crippen MR) is 124 cm³/mol. The van der Waals surface area contributed by atoms with Crippen LogP contribution in [0.1, 0.15) is 11.5 Å². The summed E-state index contributed by atoms with van der Waals surface area (Å²) in [6.45, 7) is 0.738. The largest absolute Gasteiger partial charge is 0.497 e. The van der Waals surface area contributed by atoms with E-state index in [1.54, 1.807) is 25.5 Å². The van der Waals surface area contributed by atoms with E-state index in [1.807, 2.05) is 42.5 Å². The molecule has 0 saturated heterocycles. The van der Waals surface area contributed by atoms with Gasteiger partial charge in [-0.3, -0.25) is 0 Å². The second-order valence-electron chi connectivity index (χ2n) is 7.20. The van der Waals surface area contributed by atoms with Crippen molar-refractivity contribution in [2.45, 2.75) is 23.9 Å². The Hall–Kier alpha value is -3.85. The number of hydrogen-bond donors (Lipinski definition) is 0. The molecule has 0 atom stereocenters. The second-order valence-corrected chi connectivity index (χ2v) is 8.14. The maximum absolute atomic E-state index is 5.38. The van der Waals surface area contributed by atoms with Gasteiger partial charge in [-0.15, -0.1) is 10.2 Å². The van der Waals surface area contributed by atoms with Gasteiger partial charge in [-0.2, -0.15) is 4.98 Å². The number of ether oxygens (including phenoxy) is 1. The lowest BCUT2D eigenvalue weighted by Crippen LogP contribution is -2.05. The fraction of sp³-hybridized carbons (Fsp3) is 0.167. The third-order valence-electron chi connectivity index (χ3n) is 5.07. The summed E-state index contributed by atoms with van der Waals surface area (Å²) < 4.78 is 18.1. The Morgan fingerprint density at radius 1 is 0.970 bits per heavy atom. The number of aromatic nitrogens is 5. The molecule has 8 nitrogen and oxygen atoms in total. The predicted octanol–water partition coefficient (Wildman–Crippen LogP) is 5.13. The Kier molecular flexibility index (Phi) is 6.21. The molecule has 9 heteroatoms. The first-order valence-electron chi connectivity index (χ1n) is 10.4. The molecule has 5 aromatic rings. The quantitative estimate of drug-likeness (QED) is 0.280. The summed E-state index contributed by atoms with van der Waals surface area (Å²) in [5.74, 6) is 3.57. The van der Waals surface area contributed by atoms with E-state index in [4.69, 9.17) is 13.7 Å². The van der Waals surface area contributed by atoms with Gasteiger partial charge in [-0.1, -0.05) is 47.3 Å². The molecule has 0 spiro atoms. The highest BCUT2D eigenvalue weighted by molar-refractivity contribution is 7.98. The number of rotatable bonds is 9. The maximum atomic E-state index is 5.38. The third-order valence-corrected chi connectivity index (χ3v) is 6.02. The third kappa shape index (κ3) is 4.83. The summed E-state index contributed by atoms with van der Waals surface area (Å²) in [5, 5.41) is 13.7. The van der Waals surface area contributed by atoms with Crippen LogP contribution in [0, 0.1) is 0 Å². The highest BCUT2D eigenvalue weighted by Gasteiger charge is 2.17. The van der Waals surface area contributed by atoms with E-state index >= 15 is 0 Å². The molecule has 0 amide bonds. The van der Waals surface area contributed by atoms with E-state index in [0.717, 1.165) is 35.3 Å². The standard InChI is InChI=1S/C24H21N5O3S/c1-30-19-11-9-18(10-12-19)23-26-27-24(29(23)14-13-17-6-3-2-4-7-17)33-16-21-25-22(28-32-21)20-8-5-15-31-20/h2-12,15H,13-14,16H2,1H3. The highest BCUT2D eigenvalue weighted by atomic mass is 32.2. The molecule has 5 rings (SSSR count). The van der Waals surface area contributed by atoms with Crippen molar-refractivity contribution >= 4 is 11.8 Å². The molecule has 0 fully saturated rings. The fourth-order valence-corrected chi connectivity index (χ4v) is 4.18. The monoisotopic (exact) mass is 459 g/mol. The van der Waals surface area contributed by atoms with Gasteiger partial charge < -0.3 is 18.2 Å². The molecule has 0 saturated carbocycles. The van der Waals surface area contributed by atoms with Crippen LogP contribution in [-0.4, -0.2) is 32.0 Å². The molecular formula is C24H21N5O3S. The zero-order valence-corrected chi connectivity index (χ0v) is 18.7. The van der Waals surface area contributed by atoms with Crippen LogP contribution in [0.15, 0.2) is 87.1 Å². The number of nitrogens with zero attached hydrogens (tertiary/aromatic N) is 5. The fourth-order valence-electron chi connectivity index (χ4n) is 3.38. The van der Waals surface area contributed by atoms with E-state index < -0.39 is 0 Å². The number of aryl methyl sites for hydroxylation is 1. The van der Waals surface area contributed by atoms with E-state index in [2.05, 4.69) is 37.0 Å². The van der Waals surface area contributed by atoms with Gasteiger partial charge in [0.05, 0.1) is 19.1 Å². The molecule has 0 radical (unpaired) electrons. The van der Waals surface area contributed by atoms with E-state index in [-0.39, 0.29) is 0 Å². The van der Waals surface area contributed by atoms with Gasteiger partial charge in [0.2, 0.25) is 11.7 Å². The van der Waals surface area contributed by atoms with Crippen LogP contribution < -0.4 is 4.74 Å². The van der Waals surface area contributed by atoms with Crippen LogP contribution in [0.3, 0.4) is 0 Å². The number of thioether (sulfide) groups is 1. The van der Waals surface area contributed by atoms with E-state index in [9.17, 15) is 0 Å². The van der Waals surface area contributed by atoms with Crippen molar-refractivity contribution in [3.63, 3.8) is 0 Å². The number of methoxy groups -OCH3 is 1. The first-order valence-corrected chi connectivity index (χ1v) is 11.4. The lowest BCUT2D eigenvalue weighted by molar-refractivity contribution is 0.390. The average molecular weight is 460 g/mol. The minimum absolute atomic E-state index is 0.431. The second kappa shape index (κ2) is 9.74. The Morgan fingerprint density at radius 2 is 1.82 bits per heavy atom. The summed E-state index contributed by atoms with van der Waals surface area (Å²) in [7, 11) is 1.65. The summed E-state index contributed by atoms with van der Waals surface area (Å²) >= 11 is 1.51. The highest BCUT2D eigenvalue weighted by Crippen LogP contribution is 2.28. The zero-order valence-electron chi connectivity index (χ0n) is 17.9. The topological polar surface area (TPSA) is 92.0 Å². The van der Waals surface area contributed by atoms with E-state index in [0.29, 0.717) is 23.2 Å². The van der Waals surface area contributed by atoms with Crippen LogP contribution in [-0.2, 0) is 18.7 Å². The first kappa shape index (κ1) is 21.0. The van der Waals surface area contributed by atoms with Crippen molar-refractivity contribution in [3.05, 3.63) is 84.4 Å². The van der Waals surface area contributed by atoms with Crippen LogP contribution >= 0.6 is 11.8 Å². The van der Waals surface area contributed by atoms with Crippen molar-refractivity contribution in [3.8, 4) is 28.7 Å². The Labute approximate surface area is 194 Å². The summed E-state index contributed by atoms with van der Waals surface area (Å²) in [6.07, 6.45) is 2.44. The normalized spacial score (nSPS) is 11.1. The van der Waals surface area contributed by atoms with Crippen LogP contribution in [0.4, 0.5) is 0 Å². The van der Waals surface area contributed by atoms with E-state index in [1.165, 1.54) is 17.3 Å². The van der Waals surface area contributed by atoms with Gasteiger partial charge >= 0.3 is 0 Å². The van der Waals surface area contributed by atoms with Gasteiger partial charge in [0.25, 0.3) is 0 Å². The Bertz CT molecular complexity index is 1300. The first-order chi connectivity index (χ1) is 16.3. The molecule has 3 aromatic heterocycles. The van der Waals surface area contributed by atoms with Crippen molar-refractivity contribution in [2.75, 3.05) is 7.11 Å². The molecule has 0 aliphatic rings. The number of hydrogen-bond acceptors (Lipinski definition) is 8. The molecule has 2 aromatic carbocycles. The van der Waals surface area contributed by atoms with Gasteiger partial charge in [-0.25, -0.2) is 0 Å². The molecule has 33 heavy (non-hydrogen) atoms. The van der Waals surface area contributed by atoms with Gasteiger partial charge in [0.15, 0.2) is 16.7 Å². The Balaban J connectivity index is 1.37. The number of benzene rings is 2. The summed E-state index contributed by atoms with van der Waals surface area (Å²) in [5.41, 5.74) is 2.23. The van der Waals surface area contributed by atoms with Crippen LogP contribution in [0.2, 0.25) is 0 Å². The Morgan fingerprint density at radius 3 is 2.58 bits per heavy atom. The van der Waals surface area contributed by atoms with Gasteiger partial charge in [0.1, 0.15) is 5.75 Å². The molecule has 0 N–H and O–H groups in total. The molecule has 0 bridgehead atoms. The van der Waals surface area contributed by atoms with Gasteiger partial charge in [0, 0.05) is 12.1 Å². The molecule has 0 aliphatic carbocycles. The van der Waals surface area contributed by atoms with Crippen molar-refractivity contribution in [2.24, 2.45) is 0 Å². The molecule has 0 unspecified atom stereocenters. The molecular weight excluding hydrogens is 438 g/mol. The zero-order chi connectivity index (χ0) is 22.5. The van der Waals surface area contributed by atoms with Crippen LogP contribution in [0.25, 0.3) is 23.0 Å². The van der Waals surface area contributed by atoms with Crippen LogP contribution in [0.5, 0.6) is 5.75 Å². The lowest BCUT2D eigenvalue weighted by Gasteiger charge is -2.10. The maximum Gasteiger partial charge on any atom is 0.238 e. The minimum Gasteiger partial charge on any atom is -0.497 e. The molecule has 3 heterocycles. The average Bonchev–Trinajstić information content (AvgIpc) is 3.63. The minimum atomic E-state index is 0.431. The van der Waals surface area contributed by atoms with Gasteiger partial charge in [-0.05, 0) is 48.4 Å². The summed E-state index contributed by atoms with van der Waals surface area (Å²) in [4.78, 5) is 4.41. The molecule has 0 aliphatic heterocycles. The molecule has 166 valence electrons. The number of furan rings is 1. The van der Waals surface area contributed by atoms with Crippen molar-refractivity contribution < 1.29 is 13.7 Å². The SMILES string of the molecule is COc1ccc(-c2nnc(SCc3nc(-c4ccco4)no3)n2CCc2ccccc2)cc1. The lowest BCUT2D eigenvalue weighted by atomic mass is 10.1. The van der Waals surface area contributed by atoms with Crippen molar-refractivity contribution in [1.29, 1.82) is 0 Å². The summed E-state index contributed by atoms with van der Waals surface area (Å²) in [6, 6.07) is 21.8.